The first-order valence-electron chi connectivity index (χ1n) is 11.6. The second-order valence-corrected chi connectivity index (χ2v) is 8.32. The minimum atomic E-state index is -0.628. The molecular formula is C27H28ClN5O4. The third kappa shape index (κ3) is 8.08. The maximum Gasteiger partial charge on any atom is 0.411 e. The van der Waals surface area contributed by atoms with Gasteiger partial charge in [-0.3, -0.25) is 14.9 Å². The van der Waals surface area contributed by atoms with Gasteiger partial charge in [-0.25, -0.2) is 9.78 Å². The number of imidazole rings is 1. The SMILES string of the molecule is CC/C=C/C[C@H](NC(=O)/C=C/c1cccc(Cl)c1)c1ncc(-c2ccc(NC(=O)OC)cc2NC=O)[nH]1. The number of carbonyl (C=O) groups excluding carboxylic acids is 3. The number of carbonyl (C=O) groups is 3. The molecule has 0 bridgehead atoms. The van der Waals surface area contributed by atoms with E-state index >= 15 is 0 Å². The van der Waals surface area contributed by atoms with E-state index in [1.807, 2.05) is 31.2 Å². The number of nitrogens with one attached hydrogen (secondary N) is 4. The third-order valence-electron chi connectivity index (χ3n) is 5.25. The average molecular weight is 522 g/mol. The second kappa shape index (κ2) is 13.6. The predicted octanol–water partition coefficient (Wildman–Crippen LogP) is 5.70. The molecule has 0 radical (unpaired) electrons. The van der Waals surface area contributed by atoms with Crippen LogP contribution >= 0.6 is 11.6 Å². The lowest BCUT2D eigenvalue weighted by Crippen LogP contribution is -2.27. The van der Waals surface area contributed by atoms with Crippen LogP contribution < -0.4 is 16.0 Å². The van der Waals surface area contributed by atoms with E-state index in [-0.39, 0.29) is 5.91 Å². The van der Waals surface area contributed by atoms with Crippen LogP contribution in [0.15, 0.2) is 66.9 Å². The van der Waals surface area contributed by atoms with Crippen LogP contribution in [-0.4, -0.2) is 35.5 Å². The Hall–Kier alpha value is -4.37. The lowest BCUT2D eigenvalue weighted by molar-refractivity contribution is -0.117. The first-order valence-corrected chi connectivity index (χ1v) is 11.9. The molecule has 0 saturated carbocycles. The number of benzene rings is 2. The summed E-state index contributed by atoms with van der Waals surface area (Å²) in [5.41, 5.74) is 2.98. The fourth-order valence-corrected chi connectivity index (χ4v) is 3.70. The number of H-pyrrole nitrogens is 1. The summed E-state index contributed by atoms with van der Waals surface area (Å²) in [6, 6.07) is 11.8. The molecule has 9 nitrogen and oxygen atoms in total. The highest BCUT2D eigenvalue weighted by Gasteiger charge is 2.18. The van der Waals surface area contributed by atoms with Crippen molar-refractivity contribution in [1.82, 2.24) is 15.3 Å². The van der Waals surface area contributed by atoms with Gasteiger partial charge in [0.1, 0.15) is 5.82 Å². The lowest BCUT2D eigenvalue weighted by atomic mass is 10.1. The van der Waals surface area contributed by atoms with Crippen LogP contribution in [0.25, 0.3) is 17.3 Å². The number of nitrogens with zero attached hydrogens (tertiary/aromatic N) is 1. The van der Waals surface area contributed by atoms with Crippen molar-refractivity contribution in [2.75, 3.05) is 17.7 Å². The Bertz CT molecular complexity index is 1300. The van der Waals surface area contributed by atoms with Crippen molar-refractivity contribution in [2.45, 2.75) is 25.8 Å². The number of aromatic amines is 1. The molecule has 0 aliphatic carbocycles. The molecule has 1 heterocycles. The smallest absolute Gasteiger partial charge is 0.411 e. The summed E-state index contributed by atoms with van der Waals surface area (Å²) < 4.78 is 4.61. The van der Waals surface area contributed by atoms with Crippen molar-refractivity contribution in [1.29, 1.82) is 0 Å². The number of hydrogen-bond acceptors (Lipinski definition) is 5. The Balaban J connectivity index is 1.83. The van der Waals surface area contributed by atoms with E-state index in [9.17, 15) is 14.4 Å². The molecule has 1 aromatic heterocycles. The number of rotatable bonds is 11. The number of hydrogen-bond donors (Lipinski definition) is 4. The zero-order valence-electron chi connectivity index (χ0n) is 20.5. The van der Waals surface area contributed by atoms with Crippen molar-refractivity contribution in [2.24, 2.45) is 0 Å². The van der Waals surface area contributed by atoms with Gasteiger partial charge < -0.3 is 20.4 Å². The Labute approximate surface area is 220 Å². The van der Waals surface area contributed by atoms with Gasteiger partial charge in [0.05, 0.1) is 30.7 Å². The van der Waals surface area contributed by atoms with Crippen LogP contribution in [0, 0.1) is 0 Å². The largest absolute Gasteiger partial charge is 0.453 e. The quantitative estimate of drug-likeness (QED) is 0.146. The molecule has 0 aliphatic heterocycles. The highest BCUT2D eigenvalue weighted by atomic mass is 35.5. The fourth-order valence-electron chi connectivity index (χ4n) is 3.50. The molecule has 1 atom stereocenters. The second-order valence-electron chi connectivity index (χ2n) is 7.89. The molecule has 2 aromatic carbocycles. The Morgan fingerprint density at radius 1 is 1.19 bits per heavy atom. The van der Waals surface area contributed by atoms with Crippen LogP contribution in [0.2, 0.25) is 5.02 Å². The number of methoxy groups -OCH3 is 1. The minimum Gasteiger partial charge on any atom is -0.453 e. The molecule has 10 heteroatoms. The Morgan fingerprint density at radius 2 is 2.03 bits per heavy atom. The fraction of sp³-hybridized carbons (Fsp3) is 0.185. The minimum absolute atomic E-state index is 0.283. The van der Waals surface area contributed by atoms with Crippen molar-refractivity contribution in [3.63, 3.8) is 0 Å². The highest BCUT2D eigenvalue weighted by Crippen LogP contribution is 2.30. The van der Waals surface area contributed by atoms with E-state index < -0.39 is 12.1 Å². The lowest BCUT2D eigenvalue weighted by Gasteiger charge is -2.14. The first-order chi connectivity index (χ1) is 17.9. The van der Waals surface area contributed by atoms with Crippen LogP contribution in [0.5, 0.6) is 0 Å². The van der Waals surface area contributed by atoms with Gasteiger partial charge in [-0.05, 0) is 54.8 Å². The third-order valence-corrected chi connectivity index (χ3v) is 5.48. The molecule has 3 amide bonds. The van der Waals surface area contributed by atoms with Gasteiger partial charge in [-0.2, -0.15) is 0 Å². The maximum atomic E-state index is 12.7. The van der Waals surface area contributed by atoms with Crippen LogP contribution in [0.3, 0.4) is 0 Å². The van der Waals surface area contributed by atoms with E-state index in [1.165, 1.54) is 13.2 Å². The summed E-state index contributed by atoms with van der Waals surface area (Å²) in [6.45, 7) is 2.03. The summed E-state index contributed by atoms with van der Waals surface area (Å²) in [5, 5.41) is 8.76. The number of aromatic nitrogens is 2. The van der Waals surface area contributed by atoms with E-state index in [0.29, 0.717) is 46.3 Å². The summed E-state index contributed by atoms with van der Waals surface area (Å²) in [7, 11) is 1.26. The molecule has 37 heavy (non-hydrogen) atoms. The normalized spacial score (nSPS) is 11.9. The van der Waals surface area contributed by atoms with E-state index in [1.54, 1.807) is 42.6 Å². The van der Waals surface area contributed by atoms with Crippen LogP contribution in [-0.2, 0) is 14.3 Å². The van der Waals surface area contributed by atoms with Crippen LogP contribution in [0.1, 0.15) is 37.2 Å². The zero-order valence-corrected chi connectivity index (χ0v) is 21.2. The van der Waals surface area contributed by atoms with Crippen molar-refractivity contribution >= 4 is 47.5 Å². The summed E-state index contributed by atoms with van der Waals surface area (Å²) in [5.74, 6) is 0.267. The Morgan fingerprint density at radius 3 is 2.76 bits per heavy atom. The number of ether oxygens (including phenoxy) is 1. The van der Waals surface area contributed by atoms with Gasteiger partial charge in [0, 0.05) is 22.3 Å². The predicted molar refractivity (Wildman–Crippen MR) is 145 cm³/mol. The summed E-state index contributed by atoms with van der Waals surface area (Å²) >= 11 is 6.01. The molecule has 0 aliphatic rings. The van der Waals surface area contributed by atoms with Gasteiger partial charge in [0.25, 0.3) is 0 Å². The van der Waals surface area contributed by atoms with E-state index in [0.717, 1.165) is 12.0 Å². The van der Waals surface area contributed by atoms with Crippen molar-refractivity contribution in [3.05, 3.63) is 83.3 Å². The van der Waals surface area contributed by atoms with Gasteiger partial charge in [-0.15, -0.1) is 0 Å². The number of allylic oxidation sites excluding steroid dienone is 1. The number of anilines is 2. The molecule has 0 saturated heterocycles. The maximum absolute atomic E-state index is 12.7. The van der Waals surface area contributed by atoms with Crippen LogP contribution in [0.4, 0.5) is 16.2 Å². The topological polar surface area (TPSA) is 125 Å². The molecule has 3 rings (SSSR count). The molecule has 192 valence electrons. The van der Waals surface area contributed by atoms with Gasteiger partial charge in [0.15, 0.2) is 0 Å². The van der Waals surface area contributed by atoms with Gasteiger partial charge >= 0.3 is 6.09 Å². The molecule has 4 N–H and O–H groups in total. The monoisotopic (exact) mass is 521 g/mol. The number of halogens is 1. The van der Waals surface area contributed by atoms with Crippen molar-refractivity contribution < 1.29 is 19.1 Å². The molecule has 0 spiro atoms. The molecule has 0 fully saturated rings. The zero-order chi connectivity index (χ0) is 26.6. The summed E-state index contributed by atoms with van der Waals surface area (Å²) in [4.78, 5) is 43.2. The van der Waals surface area contributed by atoms with E-state index in [4.69, 9.17) is 11.6 Å². The standard InChI is InChI=1S/C27H28ClN5O4/c1-3-4-5-9-22(32-25(35)13-10-18-7-6-8-19(28)14-18)26-29-16-24(33-26)21-12-11-20(31-27(36)37-2)15-23(21)30-17-34/h4-8,10-17,22H,3,9H2,1-2H3,(H,29,33)(H,30,34)(H,31,36)(H,32,35)/b5-4+,13-10+/t22-/m0/s1. The average Bonchev–Trinajstić information content (AvgIpc) is 3.37. The van der Waals surface area contributed by atoms with Gasteiger partial charge in [-0.1, -0.05) is 42.8 Å². The summed E-state index contributed by atoms with van der Waals surface area (Å²) in [6.07, 6.45) is 10.1. The molecule has 3 aromatic rings. The molecular weight excluding hydrogens is 494 g/mol. The van der Waals surface area contributed by atoms with E-state index in [2.05, 4.69) is 30.7 Å². The van der Waals surface area contributed by atoms with Crippen molar-refractivity contribution in [3.8, 4) is 11.3 Å². The first kappa shape index (κ1) is 27.2. The molecule has 0 unspecified atom stereocenters. The highest BCUT2D eigenvalue weighted by molar-refractivity contribution is 6.30. The van der Waals surface area contributed by atoms with Gasteiger partial charge in [0.2, 0.25) is 12.3 Å². The Kier molecular flexibility index (Phi) is 10.0. The number of amides is 3.